The highest BCUT2D eigenvalue weighted by Crippen LogP contribution is 2.29. The summed E-state index contributed by atoms with van der Waals surface area (Å²) in [5, 5.41) is 0.781. The summed E-state index contributed by atoms with van der Waals surface area (Å²) in [4.78, 5) is 22.7. The first-order valence-corrected chi connectivity index (χ1v) is 9.10. The summed E-state index contributed by atoms with van der Waals surface area (Å²) in [7, 11) is 4.22. The van der Waals surface area contributed by atoms with E-state index >= 15 is 0 Å². The number of hydrogen-bond donors (Lipinski definition) is 0. The average Bonchev–Trinajstić information content (AvgIpc) is 2.62. The molecule has 1 aromatic heterocycles. The molecule has 1 aliphatic heterocycles. The molecule has 2 heterocycles. The number of piperidine rings is 1. The lowest BCUT2D eigenvalue weighted by Crippen LogP contribution is -2.44. The molecule has 0 saturated carbocycles. The largest absolute Gasteiger partial charge is 0.338 e. The topological polar surface area (TPSA) is 36.4 Å². The van der Waals surface area contributed by atoms with Crippen LogP contribution < -0.4 is 0 Å². The van der Waals surface area contributed by atoms with Gasteiger partial charge in [0, 0.05) is 30.2 Å². The van der Waals surface area contributed by atoms with E-state index in [0.717, 1.165) is 35.9 Å². The Balaban J connectivity index is 1.74. The Labute approximate surface area is 147 Å². The highest BCUT2D eigenvalue weighted by atomic mass is 32.2. The van der Waals surface area contributed by atoms with Gasteiger partial charge in [0.1, 0.15) is 5.03 Å². The second-order valence-corrected chi connectivity index (χ2v) is 7.32. The van der Waals surface area contributed by atoms with Crippen LogP contribution in [0.15, 0.2) is 58.6 Å². The van der Waals surface area contributed by atoms with E-state index < -0.39 is 0 Å². The molecule has 1 amide bonds. The van der Waals surface area contributed by atoms with Crippen molar-refractivity contribution in [1.82, 2.24) is 14.8 Å². The van der Waals surface area contributed by atoms with Crippen molar-refractivity contribution in [2.24, 2.45) is 0 Å². The van der Waals surface area contributed by atoms with Gasteiger partial charge in [0.15, 0.2) is 0 Å². The molecule has 24 heavy (non-hydrogen) atoms. The van der Waals surface area contributed by atoms with Crippen LogP contribution in [0.25, 0.3) is 0 Å². The number of carbonyl (C=O) groups excluding carboxylic acids is 1. The quantitative estimate of drug-likeness (QED) is 0.854. The van der Waals surface area contributed by atoms with Crippen molar-refractivity contribution in [2.45, 2.75) is 28.8 Å². The summed E-state index contributed by atoms with van der Waals surface area (Å²) in [6, 6.07) is 14.4. The lowest BCUT2D eigenvalue weighted by molar-refractivity contribution is 0.0659. The molecular weight excluding hydrogens is 318 g/mol. The summed E-state index contributed by atoms with van der Waals surface area (Å²) in [5.74, 6) is 0.0961. The molecule has 0 N–H and O–H groups in total. The first kappa shape index (κ1) is 17.0. The van der Waals surface area contributed by atoms with Crippen LogP contribution in [-0.2, 0) is 0 Å². The maximum atomic E-state index is 12.9. The second-order valence-electron chi connectivity index (χ2n) is 6.26. The number of pyridine rings is 1. The zero-order valence-electron chi connectivity index (χ0n) is 14.2. The molecule has 1 fully saturated rings. The van der Waals surface area contributed by atoms with E-state index in [1.54, 1.807) is 18.0 Å². The fourth-order valence-electron chi connectivity index (χ4n) is 2.99. The fourth-order valence-corrected chi connectivity index (χ4v) is 3.89. The molecule has 0 bridgehead atoms. The molecule has 0 atom stereocenters. The van der Waals surface area contributed by atoms with Gasteiger partial charge in [-0.25, -0.2) is 4.98 Å². The van der Waals surface area contributed by atoms with Gasteiger partial charge in [0.05, 0.1) is 5.56 Å². The molecular formula is C19H23N3OS. The summed E-state index contributed by atoms with van der Waals surface area (Å²) in [5.41, 5.74) is 0.703. The van der Waals surface area contributed by atoms with Gasteiger partial charge < -0.3 is 9.80 Å². The lowest BCUT2D eigenvalue weighted by atomic mass is 10.0. The van der Waals surface area contributed by atoms with Crippen molar-refractivity contribution < 1.29 is 4.79 Å². The van der Waals surface area contributed by atoms with E-state index in [2.05, 4.69) is 24.0 Å². The SMILES string of the molecule is CN(C)C1CCN(C(=O)c2cccnc2Sc2ccccc2)CC1. The smallest absolute Gasteiger partial charge is 0.256 e. The maximum Gasteiger partial charge on any atom is 0.256 e. The monoisotopic (exact) mass is 341 g/mol. The number of carbonyl (C=O) groups is 1. The van der Waals surface area contributed by atoms with Gasteiger partial charge in [-0.05, 0) is 51.2 Å². The molecule has 1 aromatic carbocycles. The maximum absolute atomic E-state index is 12.9. The minimum Gasteiger partial charge on any atom is -0.338 e. The molecule has 0 radical (unpaired) electrons. The Hall–Kier alpha value is -1.85. The number of aromatic nitrogens is 1. The number of amides is 1. The molecule has 0 aliphatic carbocycles. The molecule has 0 spiro atoms. The van der Waals surface area contributed by atoms with Crippen LogP contribution in [0.2, 0.25) is 0 Å². The highest BCUT2D eigenvalue weighted by Gasteiger charge is 2.26. The Morgan fingerprint density at radius 1 is 1.12 bits per heavy atom. The van der Waals surface area contributed by atoms with E-state index in [9.17, 15) is 4.79 Å². The van der Waals surface area contributed by atoms with Gasteiger partial charge in [-0.3, -0.25) is 4.79 Å². The van der Waals surface area contributed by atoms with Crippen LogP contribution in [0.5, 0.6) is 0 Å². The zero-order valence-corrected chi connectivity index (χ0v) is 15.0. The van der Waals surface area contributed by atoms with Crippen LogP contribution >= 0.6 is 11.8 Å². The number of hydrogen-bond acceptors (Lipinski definition) is 4. The van der Waals surface area contributed by atoms with Gasteiger partial charge in [-0.1, -0.05) is 30.0 Å². The van der Waals surface area contributed by atoms with E-state index in [-0.39, 0.29) is 5.91 Å². The van der Waals surface area contributed by atoms with E-state index in [0.29, 0.717) is 11.6 Å². The predicted octanol–water partition coefficient (Wildman–Crippen LogP) is 3.40. The zero-order chi connectivity index (χ0) is 16.9. The number of nitrogens with zero attached hydrogens (tertiary/aromatic N) is 3. The van der Waals surface area contributed by atoms with Crippen molar-refractivity contribution >= 4 is 17.7 Å². The molecule has 0 unspecified atom stereocenters. The molecule has 4 nitrogen and oxygen atoms in total. The first-order valence-electron chi connectivity index (χ1n) is 8.29. The standard InChI is InChI=1S/C19H23N3OS/c1-21(2)15-10-13-22(14-11-15)19(23)17-9-6-12-20-18(17)24-16-7-4-3-5-8-16/h3-9,12,15H,10-11,13-14H2,1-2H3. The number of rotatable bonds is 4. The highest BCUT2D eigenvalue weighted by molar-refractivity contribution is 7.99. The van der Waals surface area contributed by atoms with E-state index in [1.807, 2.05) is 47.4 Å². The average molecular weight is 341 g/mol. The van der Waals surface area contributed by atoms with Crippen LogP contribution in [0.4, 0.5) is 0 Å². The minimum atomic E-state index is 0.0961. The number of benzene rings is 1. The Kier molecular flexibility index (Phi) is 5.53. The van der Waals surface area contributed by atoms with E-state index in [1.165, 1.54) is 0 Å². The van der Waals surface area contributed by atoms with Crippen molar-refractivity contribution in [3.63, 3.8) is 0 Å². The molecule has 5 heteroatoms. The van der Waals surface area contributed by atoms with Crippen molar-refractivity contribution in [3.8, 4) is 0 Å². The molecule has 2 aromatic rings. The Bertz CT molecular complexity index is 682. The predicted molar refractivity (Wildman–Crippen MR) is 97.4 cm³/mol. The number of likely N-dealkylation sites (tertiary alicyclic amines) is 1. The lowest BCUT2D eigenvalue weighted by Gasteiger charge is -2.35. The van der Waals surface area contributed by atoms with Crippen LogP contribution in [0.1, 0.15) is 23.2 Å². The third-order valence-electron chi connectivity index (χ3n) is 4.44. The van der Waals surface area contributed by atoms with Gasteiger partial charge in [-0.2, -0.15) is 0 Å². The fraction of sp³-hybridized carbons (Fsp3) is 0.368. The van der Waals surface area contributed by atoms with Crippen LogP contribution in [0, 0.1) is 0 Å². The second kappa shape index (κ2) is 7.81. The van der Waals surface area contributed by atoms with Crippen LogP contribution in [-0.4, -0.2) is 53.9 Å². The Morgan fingerprint density at radius 2 is 1.83 bits per heavy atom. The molecule has 3 rings (SSSR count). The summed E-state index contributed by atoms with van der Waals surface area (Å²) in [6.07, 6.45) is 3.81. The van der Waals surface area contributed by atoms with Gasteiger partial charge in [-0.15, -0.1) is 0 Å². The summed E-state index contributed by atoms with van der Waals surface area (Å²) in [6.45, 7) is 1.62. The summed E-state index contributed by atoms with van der Waals surface area (Å²) < 4.78 is 0. The minimum absolute atomic E-state index is 0.0961. The third-order valence-corrected chi connectivity index (χ3v) is 5.47. The molecule has 1 aliphatic rings. The molecule has 126 valence electrons. The van der Waals surface area contributed by atoms with E-state index in [4.69, 9.17) is 0 Å². The molecule has 1 saturated heterocycles. The Morgan fingerprint density at radius 3 is 2.50 bits per heavy atom. The normalized spacial score (nSPS) is 15.7. The van der Waals surface area contributed by atoms with Gasteiger partial charge >= 0.3 is 0 Å². The van der Waals surface area contributed by atoms with Crippen molar-refractivity contribution in [2.75, 3.05) is 27.2 Å². The van der Waals surface area contributed by atoms with Crippen molar-refractivity contribution in [1.29, 1.82) is 0 Å². The first-order chi connectivity index (χ1) is 11.6. The van der Waals surface area contributed by atoms with Gasteiger partial charge in [0.25, 0.3) is 5.91 Å². The van der Waals surface area contributed by atoms with Crippen molar-refractivity contribution in [3.05, 3.63) is 54.2 Å². The van der Waals surface area contributed by atoms with Gasteiger partial charge in [0.2, 0.25) is 0 Å². The summed E-state index contributed by atoms with van der Waals surface area (Å²) >= 11 is 1.55. The third kappa shape index (κ3) is 3.97. The van der Waals surface area contributed by atoms with Crippen LogP contribution in [0.3, 0.4) is 0 Å².